The minimum atomic E-state index is -0.674. The van der Waals surface area contributed by atoms with Gasteiger partial charge in [-0.1, -0.05) is 47.5 Å². The highest BCUT2D eigenvalue weighted by Crippen LogP contribution is 2.38. The SMILES string of the molecule is COc1ccccc1NC(=O)C1=C(C)Nc2nc(-c3ccc(Cl)c(Cl)c3)nn2C1c1cccc(O)c1. The summed E-state index contributed by atoms with van der Waals surface area (Å²) in [5.74, 6) is 1.09. The molecule has 0 bridgehead atoms. The first kappa shape index (κ1) is 23.7. The maximum Gasteiger partial charge on any atom is 0.255 e. The van der Waals surface area contributed by atoms with Crippen molar-refractivity contribution in [2.45, 2.75) is 13.0 Å². The van der Waals surface area contributed by atoms with Crippen molar-refractivity contribution in [3.8, 4) is 22.9 Å². The molecule has 182 valence electrons. The summed E-state index contributed by atoms with van der Waals surface area (Å²) in [5.41, 5.74) is 2.86. The number of hydrogen-bond acceptors (Lipinski definition) is 6. The zero-order chi connectivity index (χ0) is 25.4. The van der Waals surface area contributed by atoms with Crippen LogP contribution < -0.4 is 15.4 Å². The Morgan fingerprint density at radius 2 is 1.89 bits per heavy atom. The number of phenolic OH excluding ortho intramolecular Hbond substituents is 1. The smallest absolute Gasteiger partial charge is 0.255 e. The highest BCUT2D eigenvalue weighted by molar-refractivity contribution is 6.42. The maximum atomic E-state index is 13.7. The van der Waals surface area contributed by atoms with Gasteiger partial charge in [0.05, 0.1) is 28.4 Å². The lowest BCUT2D eigenvalue weighted by atomic mass is 9.95. The molecule has 1 aliphatic rings. The second kappa shape index (κ2) is 9.56. The van der Waals surface area contributed by atoms with E-state index in [0.717, 1.165) is 0 Å². The number of ether oxygens (including phenoxy) is 1. The molecule has 0 fully saturated rings. The summed E-state index contributed by atoms with van der Waals surface area (Å²) in [6, 6.07) is 18.3. The lowest BCUT2D eigenvalue weighted by Gasteiger charge is -2.29. The number of carbonyl (C=O) groups excluding carboxylic acids is 1. The number of amides is 1. The van der Waals surface area contributed by atoms with Gasteiger partial charge in [-0.25, -0.2) is 4.68 Å². The summed E-state index contributed by atoms with van der Waals surface area (Å²) in [4.78, 5) is 18.3. The fraction of sp³-hybridized carbons (Fsp3) is 0.115. The lowest BCUT2D eigenvalue weighted by molar-refractivity contribution is -0.113. The van der Waals surface area contributed by atoms with Crippen LogP contribution in [-0.2, 0) is 4.79 Å². The quantitative estimate of drug-likeness (QED) is 0.302. The molecular formula is C26H21Cl2N5O3. The first-order valence-corrected chi connectivity index (χ1v) is 11.7. The molecule has 1 amide bonds. The number of rotatable bonds is 5. The van der Waals surface area contributed by atoms with Crippen LogP contribution in [0.4, 0.5) is 11.6 Å². The number of benzene rings is 3. The summed E-state index contributed by atoms with van der Waals surface area (Å²) in [6.07, 6.45) is 0. The summed E-state index contributed by atoms with van der Waals surface area (Å²) in [7, 11) is 1.54. The number of para-hydroxylation sites is 2. The predicted octanol–water partition coefficient (Wildman–Crippen LogP) is 5.89. The summed E-state index contributed by atoms with van der Waals surface area (Å²) >= 11 is 12.3. The molecule has 4 aromatic rings. The van der Waals surface area contributed by atoms with Gasteiger partial charge in [-0.3, -0.25) is 4.79 Å². The van der Waals surface area contributed by atoms with Crippen LogP contribution in [0.1, 0.15) is 18.5 Å². The Morgan fingerprint density at radius 3 is 2.64 bits per heavy atom. The fourth-order valence-electron chi connectivity index (χ4n) is 4.14. The van der Waals surface area contributed by atoms with Crippen LogP contribution in [0.3, 0.4) is 0 Å². The van der Waals surface area contributed by atoms with Crippen molar-refractivity contribution >= 4 is 40.7 Å². The molecule has 10 heteroatoms. The topological polar surface area (TPSA) is 101 Å². The molecule has 1 atom stereocenters. The standard InChI is InChI=1S/C26H21Cl2N5O3/c1-14-22(25(35)30-20-8-3-4-9-21(20)36-2)23(15-6-5-7-17(34)12-15)33-26(29-14)31-24(32-33)16-10-11-18(27)19(28)13-16/h3-13,23,34H,1-2H3,(H,30,35)(H,29,31,32). The maximum absolute atomic E-state index is 13.7. The Kier molecular flexibility index (Phi) is 6.30. The van der Waals surface area contributed by atoms with Gasteiger partial charge in [0.15, 0.2) is 5.82 Å². The summed E-state index contributed by atoms with van der Waals surface area (Å²) in [5, 5.41) is 21.8. The van der Waals surface area contributed by atoms with E-state index in [-0.39, 0.29) is 11.7 Å². The highest BCUT2D eigenvalue weighted by atomic mass is 35.5. The van der Waals surface area contributed by atoms with Crippen molar-refractivity contribution in [2.75, 3.05) is 17.7 Å². The van der Waals surface area contributed by atoms with Crippen LogP contribution in [0, 0.1) is 0 Å². The number of halogens is 2. The summed E-state index contributed by atoms with van der Waals surface area (Å²) in [6.45, 7) is 1.80. The second-order valence-electron chi connectivity index (χ2n) is 8.15. The van der Waals surface area contributed by atoms with E-state index in [1.165, 1.54) is 0 Å². The van der Waals surface area contributed by atoms with Gasteiger partial charge in [0, 0.05) is 11.3 Å². The van der Waals surface area contributed by atoms with Gasteiger partial charge in [0.1, 0.15) is 17.5 Å². The van der Waals surface area contributed by atoms with Crippen molar-refractivity contribution in [2.24, 2.45) is 0 Å². The van der Waals surface area contributed by atoms with Gasteiger partial charge in [-0.15, -0.1) is 5.10 Å². The van der Waals surface area contributed by atoms with Crippen LogP contribution in [0.15, 0.2) is 78.0 Å². The van der Waals surface area contributed by atoms with Crippen molar-refractivity contribution < 1.29 is 14.6 Å². The average Bonchev–Trinajstić information content (AvgIpc) is 3.28. The Hall–Kier alpha value is -4.01. The zero-order valence-corrected chi connectivity index (χ0v) is 20.8. The van der Waals surface area contributed by atoms with Crippen molar-refractivity contribution in [3.05, 3.63) is 93.6 Å². The molecule has 3 N–H and O–H groups in total. The first-order chi connectivity index (χ1) is 17.4. The molecule has 0 saturated carbocycles. The number of phenols is 1. The molecule has 0 spiro atoms. The van der Waals surface area contributed by atoms with Gasteiger partial charge < -0.3 is 20.5 Å². The molecule has 0 saturated heterocycles. The molecule has 1 unspecified atom stereocenters. The number of aromatic nitrogens is 3. The Morgan fingerprint density at radius 1 is 1.08 bits per heavy atom. The van der Waals surface area contributed by atoms with Crippen LogP contribution in [0.25, 0.3) is 11.4 Å². The van der Waals surface area contributed by atoms with E-state index in [4.69, 9.17) is 33.0 Å². The van der Waals surface area contributed by atoms with E-state index in [9.17, 15) is 9.90 Å². The average molecular weight is 522 g/mol. The Balaban J connectivity index is 1.61. The van der Waals surface area contributed by atoms with E-state index < -0.39 is 6.04 Å². The van der Waals surface area contributed by atoms with E-state index in [1.807, 2.05) is 18.2 Å². The molecule has 8 nitrogen and oxygen atoms in total. The van der Waals surface area contributed by atoms with E-state index in [1.54, 1.807) is 67.2 Å². The zero-order valence-electron chi connectivity index (χ0n) is 19.3. The molecular weight excluding hydrogens is 501 g/mol. The van der Waals surface area contributed by atoms with Gasteiger partial charge >= 0.3 is 0 Å². The van der Waals surface area contributed by atoms with Crippen molar-refractivity contribution in [1.29, 1.82) is 0 Å². The van der Waals surface area contributed by atoms with Crippen LogP contribution in [-0.4, -0.2) is 32.9 Å². The number of nitrogens with zero attached hydrogens (tertiary/aromatic N) is 3. The molecule has 36 heavy (non-hydrogen) atoms. The van der Waals surface area contributed by atoms with Gasteiger partial charge in [-0.2, -0.15) is 4.98 Å². The Labute approximate surface area is 217 Å². The predicted molar refractivity (Wildman–Crippen MR) is 140 cm³/mol. The monoisotopic (exact) mass is 521 g/mol. The second-order valence-corrected chi connectivity index (χ2v) is 8.96. The molecule has 2 heterocycles. The highest BCUT2D eigenvalue weighted by Gasteiger charge is 2.35. The molecule has 3 aromatic carbocycles. The largest absolute Gasteiger partial charge is 0.508 e. The number of hydrogen-bond donors (Lipinski definition) is 3. The molecule has 0 aliphatic carbocycles. The lowest BCUT2D eigenvalue weighted by Crippen LogP contribution is -2.31. The van der Waals surface area contributed by atoms with Gasteiger partial charge in [-0.05, 0) is 55.0 Å². The number of allylic oxidation sites excluding steroid dienone is 1. The fourth-order valence-corrected chi connectivity index (χ4v) is 4.44. The minimum Gasteiger partial charge on any atom is -0.508 e. The third kappa shape index (κ3) is 4.36. The van der Waals surface area contributed by atoms with Crippen molar-refractivity contribution in [3.63, 3.8) is 0 Å². The Bertz CT molecular complexity index is 1520. The number of aromatic hydroxyl groups is 1. The van der Waals surface area contributed by atoms with E-state index in [0.29, 0.717) is 55.7 Å². The molecule has 5 rings (SSSR count). The summed E-state index contributed by atoms with van der Waals surface area (Å²) < 4.78 is 7.01. The normalized spacial score (nSPS) is 14.7. The molecule has 1 aromatic heterocycles. The molecule has 1 aliphatic heterocycles. The van der Waals surface area contributed by atoms with Gasteiger partial charge in [0.25, 0.3) is 5.91 Å². The molecule has 0 radical (unpaired) electrons. The van der Waals surface area contributed by atoms with Crippen LogP contribution >= 0.6 is 23.2 Å². The van der Waals surface area contributed by atoms with E-state index in [2.05, 4.69) is 15.6 Å². The van der Waals surface area contributed by atoms with Gasteiger partial charge in [0.2, 0.25) is 5.95 Å². The first-order valence-electron chi connectivity index (χ1n) is 11.0. The number of anilines is 2. The number of nitrogens with one attached hydrogen (secondary N) is 2. The van der Waals surface area contributed by atoms with E-state index >= 15 is 0 Å². The number of carbonyl (C=O) groups is 1. The number of methoxy groups -OCH3 is 1. The third-order valence-electron chi connectivity index (χ3n) is 5.82. The number of fused-ring (bicyclic) bond motifs is 1. The van der Waals surface area contributed by atoms with Crippen LogP contribution in [0.2, 0.25) is 10.0 Å². The van der Waals surface area contributed by atoms with Crippen LogP contribution in [0.5, 0.6) is 11.5 Å². The third-order valence-corrected chi connectivity index (χ3v) is 6.56. The van der Waals surface area contributed by atoms with Crippen molar-refractivity contribution in [1.82, 2.24) is 14.8 Å². The minimum absolute atomic E-state index is 0.0690.